The molecule has 158 valence electrons. The van der Waals surface area contributed by atoms with E-state index in [1.807, 2.05) is 32.9 Å². The van der Waals surface area contributed by atoms with Crippen LogP contribution in [0, 0.1) is 13.8 Å². The molecule has 0 amide bonds. The predicted molar refractivity (Wildman–Crippen MR) is 115 cm³/mol. The Morgan fingerprint density at radius 2 is 1.97 bits per heavy atom. The predicted octanol–water partition coefficient (Wildman–Crippen LogP) is 3.42. The van der Waals surface area contributed by atoms with Crippen LogP contribution in [-0.4, -0.2) is 32.7 Å². The first kappa shape index (κ1) is 21.7. The molecule has 0 fully saturated rings. The highest BCUT2D eigenvalue weighted by Crippen LogP contribution is 2.18. The second-order valence-electron chi connectivity index (χ2n) is 7.05. The molecule has 0 aliphatic rings. The summed E-state index contributed by atoms with van der Waals surface area (Å²) in [6, 6.07) is 8.56. The summed E-state index contributed by atoms with van der Waals surface area (Å²) in [5.74, 6) is -0.986. The molecule has 0 aliphatic carbocycles. The molecule has 30 heavy (non-hydrogen) atoms. The normalized spacial score (nSPS) is 10.9. The van der Waals surface area contributed by atoms with Crippen LogP contribution in [0.4, 0.5) is 0 Å². The fourth-order valence-corrected chi connectivity index (χ4v) is 4.02. The topological polar surface area (TPSA) is 83.2 Å². The Morgan fingerprint density at radius 3 is 2.67 bits per heavy atom. The van der Waals surface area contributed by atoms with Gasteiger partial charge in [0, 0.05) is 41.0 Å². The molecule has 3 aromatic rings. The summed E-state index contributed by atoms with van der Waals surface area (Å²) in [7, 11) is 0. The van der Waals surface area contributed by atoms with E-state index in [4.69, 9.17) is 4.74 Å². The molecule has 0 bridgehead atoms. The van der Waals surface area contributed by atoms with Crippen LogP contribution in [-0.2, 0) is 24.2 Å². The van der Waals surface area contributed by atoms with E-state index in [0.29, 0.717) is 18.5 Å². The number of hydrogen-bond acceptors (Lipinski definition) is 6. The molecule has 0 saturated heterocycles. The van der Waals surface area contributed by atoms with Crippen molar-refractivity contribution in [1.29, 1.82) is 0 Å². The third kappa shape index (κ3) is 4.94. The van der Waals surface area contributed by atoms with Crippen molar-refractivity contribution in [2.24, 2.45) is 0 Å². The highest BCUT2D eigenvalue weighted by molar-refractivity contribution is 7.09. The quantitative estimate of drug-likeness (QED) is 0.386. The molecule has 3 rings (SSSR count). The number of carbonyl (C=O) groups is 2. The van der Waals surface area contributed by atoms with Gasteiger partial charge >= 0.3 is 5.97 Å². The first-order chi connectivity index (χ1) is 14.4. The Hall–Kier alpha value is -3.00. The Morgan fingerprint density at radius 1 is 1.17 bits per heavy atom. The van der Waals surface area contributed by atoms with Crippen molar-refractivity contribution >= 4 is 23.1 Å². The number of nitrogens with zero attached hydrogens (tertiary/aromatic N) is 3. The summed E-state index contributed by atoms with van der Waals surface area (Å²) >= 11 is 1.72. The van der Waals surface area contributed by atoms with Crippen LogP contribution in [0.15, 0.2) is 40.5 Å². The highest BCUT2D eigenvalue weighted by Gasteiger charge is 2.19. The van der Waals surface area contributed by atoms with Gasteiger partial charge in [0.15, 0.2) is 12.3 Å². The molecule has 0 unspecified atom stereocenters. The first-order valence-corrected chi connectivity index (χ1v) is 10.8. The summed E-state index contributed by atoms with van der Waals surface area (Å²) in [6.07, 6.45) is 1.61. The highest BCUT2D eigenvalue weighted by atomic mass is 32.1. The van der Waals surface area contributed by atoms with Crippen molar-refractivity contribution in [3.05, 3.63) is 73.6 Å². The van der Waals surface area contributed by atoms with Crippen LogP contribution < -0.4 is 5.56 Å². The number of thiophene rings is 1. The number of aromatic nitrogens is 3. The zero-order valence-electron chi connectivity index (χ0n) is 17.4. The molecule has 0 atom stereocenters. The summed E-state index contributed by atoms with van der Waals surface area (Å²) in [5, 5.41) is 6.07. The number of ether oxygens (including phenoxy) is 1. The molecule has 3 aromatic heterocycles. The Bertz CT molecular complexity index is 1100. The number of aryl methyl sites for hydroxylation is 3. The number of esters is 1. The van der Waals surface area contributed by atoms with E-state index >= 15 is 0 Å². The van der Waals surface area contributed by atoms with Crippen molar-refractivity contribution in [3.63, 3.8) is 0 Å². The molecule has 7 nitrogen and oxygen atoms in total. The average Bonchev–Trinajstić information content (AvgIpc) is 3.34. The lowest BCUT2D eigenvalue weighted by molar-refractivity contribution is 0.0466. The number of carbonyl (C=O) groups excluding carboxylic acids is 2. The van der Waals surface area contributed by atoms with Crippen LogP contribution in [0.1, 0.15) is 50.5 Å². The van der Waals surface area contributed by atoms with E-state index < -0.39 is 5.97 Å². The second-order valence-corrected chi connectivity index (χ2v) is 8.08. The maximum atomic E-state index is 12.7. The third-order valence-electron chi connectivity index (χ3n) is 4.88. The second kappa shape index (κ2) is 9.67. The van der Waals surface area contributed by atoms with E-state index in [2.05, 4.69) is 21.1 Å². The molecule has 0 saturated carbocycles. The smallest absolute Gasteiger partial charge is 0.359 e. The van der Waals surface area contributed by atoms with Crippen LogP contribution in [0.3, 0.4) is 0 Å². The van der Waals surface area contributed by atoms with Gasteiger partial charge in [-0.05, 0) is 50.3 Å². The molecule has 0 aromatic carbocycles. The third-order valence-corrected chi connectivity index (χ3v) is 5.82. The summed E-state index contributed by atoms with van der Waals surface area (Å²) in [5.41, 5.74) is 2.14. The molecule has 0 spiro atoms. The van der Waals surface area contributed by atoms with Gasteiger partial charge in [-0.15, -0.1) is 11.3 Å². The monoisotopic (exact) mass is 427 g/mol. The standard InChI is InChI=1S/C22H25N3O4S/c1-4-10-25-21(27)8-7-19(23-25)22(28)29-14-20(26)18-13-15(2)24(16(18)3)11-9-17-6-5-12-30-17/h5-8,12-13H,4,9-11,14H2,1-3H3. The van der Waals surface area contributed by atoms with Gasteiger partial charge in [0.25, 0.3) is 5.56 Å². The van der Waals surface area contributed by atoms with Gasteiger partial charge in [-0.25, -0.2) is 9.48 Å². The average molecular weight is 428 g/mol. The number of ketones is 1. The van der Waals surface area contributed by atoms with E-state index in [0.717, 1.165) is 24.4 Å². The van der Waals surface area contributed by atoms with E-state index in [9.17, 15) is 14.4 Å². The molecule has 0 N–H and O–H groups in total. The first-order valence-electron chi connectivity index (χ1n) is 9.88. The molecular formula is C22H25N3O4S. The number of rotatable bonds is 9. The van der Waals surface area contributed by atoms with Gasteiger partial charge in [0.05, 0.1) is 0 Å². The lowest BCUT2D eigenvalue weighted by atomic mass is 10.1. The number of hydrogen-bond donors (Lipinski definition) is 0. The van der Waals surface area contributed by atoms with E-state index in [1.54, 1.807) is 11.3 Å². The lowest BCUT2D eigenvalue weighted by Gasteiger charge is -2.09. The SMILES string of the molecule is CCCn1nc(C(=O)OCC(=O)c2cc(C)n(CCc3cccs3)c2C)ccc1=O. The minimum absolute atomic E-state index is 0.0114. The van der Waals surface area contributed by atoms with E-state index in [-0.39, 0.29) is 23.6 Å². The van der Waals surface area contributed by atoms with Crippen LogP contribution in [0.2, 0.25) is 0 Å². The van der Waals surface area contributed by atoms with E-state index in [1.165, 1.54) is 21.7 Å². The Kier molecular flexibility index (Phi) is 6.99. The van der Waals surface area contributed by atoms with Crippen molar-refractivity contribution < 1.29 is 14.3 Å². The van der Waals surface area contributed by atoms with Crippen molar-refractivity contribution in [3.8, 4) is 0 Å². The zero-order chi connectivity index (χ0) is 21.7. The van der Waals surface area contributed by atoms with Gasteiger partial charge in [0.2, 0.25) is 5.78 Å². The van der Waals surface area contributed by atoms with Crippen molar-refractivity contribution in [1.82, 2.24) is 14.3 Å². The summed E-state index contributed by atoms with van der Waals surface area (Å²) < 4.78 is 8.50. The number of Topliss-reactive ketones (excluding diaryl/α,β-unsaturated/α-hetero) is 1. The molecule has 3 heterocycles. The fraction of sp³-hybridized carbons (Fsp3) is 0.364. The summed E-state index contributed by atoms with van der Waals surface area (Å²) in [6.45, 7) is 6.60. The Balaban J connectivity index is 1.65. The molecule has 0 aliphatic heterocycles. The van der Waals surface area contributed by atoms with Gasteiger partial charge in [-0.2, -0.15) is 5.10 Å². The van der Waals surface area contributed by atoms with Crippen LogP contribution in [0.25, 0.3) is 0 Å². The van der Waals surface area contributed by atoms with Gasteiger partial charge in [-0.1, -0.05) is 13.0 Å². The largest absolute Gasteiger partial charge is 0.453 e. The molecule has 0 radical (unpaired) electrons. The van der Waals surface area contributed by atoms with Gasteiger partial charge in [0.1, 0.15) is 0 Å². The van der Waals surface area contributed by atoms with Gasteiger partial charge in [-0.3, -0.25) is 9.59 Å². The van der Waals surface area contributed by atoms with Crippen LogP contribution >= 0.6 is 11.3 Å². The Labute approximate surface area is 178 Å². The minimum atomic E-state index is -0.722. The van der Waals surface area contributed by atoms with Gasteiger partial charge < -0.3 is 9.30 Å². The lowest BCUT2D eigenvalue weighted by Crippen LogP contribution is -2.25. The zero-order valence-corrected chi connectivity index (χ0v) is 18.2. The minimum Gasteiger partial charge on any atom is -0.453 e. The fourth-order valence-electron chi connectivity index (χ4n) is 3.32. The van der Waals surface area contributed by atoms with Crippen molar-refractivity contribution in [2.45, 2.75) is 46.7 Å². The summed E-state index contributed by atoms with van der Waals surface area (Å²) in [4.78, 5) is 38.0. The maximum Gasteiger partial charge on any atom is 0.359 e. The van der Waals surface area contributed by atoms with Crippen LogP contribution in [0.5, 0.6) is 0 Å². The molecule has 8 heteroatoms. The van der Waals surface area contributed by atoms with Crippen molar-refractivity contribution in [2.75, 3.05) is 6.61 Å². The maximum absolute atomic E-state index is 12.7. The molecular weight excluding hydrogens is 402 g/mol.